The molecule has 6 nitrogen and oxygen atoms in total. The SMILES string of the molecule is CCOc1ccc(C(=O)N/N=C(/C)Cc2ccc(OC)c(OC)c2)cc1. The summed E-state index contributed by atoms with van der Waals surface area (Å²) in [6, 6.07) is 12.6. The van der Waals surface area contributed by atoms with E-state index in [0.717, 1.165) is 17.0 Å². The third kappa shape index (κ3) is 5.24. The van der Waals surface area contributed by atoms with E-state index in [1.54, 1.807) is 38.5 Å². The number of rotatable bonds is 8. The summed E-state index contributed by atoms with van der Waals surface area (Å²) < 4.78 is 15.9. The summed E-state index contributed by atoms with van der Waals surface area (Å²) in [6.45, 7) is 4.36. The van der Waals surface area contributed by atoms with Crippen molar-refractivity contribution in [3.05, 3.63) is 53.6 Å². The highest BCUT2D eigenvalue weighted by atomic mass is 16.5. The fraction of sp³-hybridized carbons (Fsp3) is 0.300. The minimum absolute atomic E-state index is 0.264. The zero-order chi connectivity index (χ0) is 18.9. The fourth-order valence-corrected chi connectivity index (χ4v) is 2.41. The first-order valence-corrected chi connectivity index (χ1v) is 8.34. The standard InChI is InChI=1S/C20H24N2O4/c1-5-26-17-9-7-16(8-10-17)20(23)22-21-14(2)12-15-6-11-18(24-3)19(13-15)25-4/h6-11,13H,5,12H2,1-4H3,(H,22,23)/b21-14-. The van der Waals surface area contributed by atoms with Crippen LogP contribution < -0.4 is 19.6 Å². The Morgan fingerprint density at radius 2 is 1.73 bits per heavy atom. The van der Waals surface area contributed by atoms with Crippen molar-refractivity contribution in [1.29, 1.82) is 0 Å². The van der Waals surface area contributed by atoms with Gasteiger partial charge in [0.2, 0.25) is 0 Å². The molecule has 0 saturated carbocycles. The molecule has 1 N–H and O–H groups in total. The van der Waals surface area contributed by atoms with Crippen molar-refractivity contribution < 1.29 is 19.0 Å². The van der Waals surface area contributed by atoms with Crippen molar-refractivity contribution in [1.82, 2.24) is 5.43 Å². The molecular formula is C20H24N2O4. The lowest BCUT2D eigenvalue weighted by atomic mass is 10.1. The first-order valence-electron chi connectivity index (χ1n) is 8.34. The number of carbonyl (C=O) groups excluding carboxylic acids is 1. The highest BCUT2D eigenvalue weighted by molar-refractivity contribution is 5.95. The molecule has 0 fully saturated rings. The smallest absolute Gasteiger partial charge is 0.271 e. The number of hydrogen-bond acceptors (Lipinski definition) is 5. The molecule has 0 bridgehead atoms. The van der Waals surface area contributed by atoms with Crippen LogP contribution in [-0.2, 0) is 6.42 Å². The molecule has 0 aliphatic heterocycles. The average Bonchev–Trinajstić information content (AvgIpc) is 2.66. The van der Waals surface area contributed by atoms with Crippen LogP contribution in [0.15, 0.2) is 47.6 Å². The number of amides is 1. The summed E-state index contributed by atoms with van der Waals surface area (Å²) in [5, 5.41) is 4.17. The molecule has 1 amide bonds. The van der Waals surface area contributed by atoms with Gasteiger partial charge in [-0.2, -0.15) is 5.10 Å². The van der Waals surface area contributed by atoms with Gasteiger partial charge in [0.25, 0.3) is 5.91 Å². The van der Waals surface area contributed by atoms with Gasteiger partial charge >= 0.3 is 0 Å². The van der Waals surface area contributed by atoms with E-state index in [-0.39, 0.29) is 5.91 Å². The van der Waals surface area contributed by atoms with Crippen LogP contribution >= 0.6 is 0 Å². The predicted molar refractivity (Wildman–Crippen MR) is 101 cm³/mol. The highest BCUT2D eigenvalue weighted by Gasteiger charge is 2.07. The topological polar surface area (TPSA) is 69.2 Å². The molecule has 0 aliphatic carbocycles. The minimum atomic E-state index is -0.264. The molecule has 0 atom stereocenters. The first-order chi connectivity index (χ1) is 12.6. The van der Waals surface area contributed by atoms with E-state index in [1.165, 1.54) is 0 Å². The maximum absolute atomic E-state index is 12.2. The predicted octanol–water partition coefficient (Wildman–Crippen LogP) is 3.45. The Morgan fingerprint density at radius 1 is 1.04 bits per heavy atom. The second kappa shape index (κ2) is 9.46. The molecule has 0 radical (unpaired) electrons. The normalized spacial score (nSPS) is 11.0. The van der Waals surface area contributed by atoms with Gasteiger partial charge in [0.15, 0.2) is 11.5 Å². The van der Waals surface area contributed by atoms with Crippen LogP contribution in [0.1, 0.15) is 29.8 Å². The van der Waals surface area contributed by atoms with Crippen LogP contribution in [0.2, 0.25) is 0 Å². The van der Waals surface area contributed by atoms with E-state index in [4.69, 9.17) is 14.2 Å². The number of methoxy groups -OCH3 is 2. The van der Waals surface area contributed by atoms with E-state index in [2.05, 4.69) is 10.5 Å². The van der Waals surface area contributed by atoms with Crippen molar-refractivity contribution in [2.24, 2.45) is 5.10 Å². The lowest BCUT2D eigenvalue weighted by Gasteiger charge is -2.09. The number of ether oxygens (including phenoxy) is 3. The summed E-state index contributed by atoms with van der Waals surface area (Å²) in [6.07, 6.45) is 0.587. The van der Waals surface area contributed by atoms with Crippen LogP contribution in [0.3, 0.4) is 0 Å². The quantitative estimate of drug-likeness (QED) is 0.581. The van der Waals surface area contributed by atoms with Crippen molar-refractivity contribution in [3.63, 3.8) is 0 Å². The summed E-state index contributed by atoms with van der Waals surface area (Å²) in [7, 11) is 3.19. The minimum Gasteiger partial charge on any atom is -0.494 e. The van der Waals surface area contributed by atoms with Gasteiger partial charge in [-0.3, -0.25) is 4.79 Å². The van der Waals surface area contributed by atoms with Crippen molar-refractivity contribution in [2.75, 3.05) is 20.8 Å². The van der Waals surface area contributed by atoms with Gasteiger partial charge in [-0.15, -0.1) is 0 Å². The van der Waals surface area contributed by atoms with Crippen LogP contribution in [0.5, 0.6) is 17.2 Å². The molecule has 2 aromatic carbocycles. The Kier molecular flexibility index (Phi) is 7.02. The maximum Gasteiger partial charge on any atom is 0.271 e. The molecule has 0 spiro atoms. The van der Waals surface area contributed by atoms with E-state index in [0.29, 0.717) is 30.1 Å². The number of nitrogens with zero attached hydrogens (tertiary/aromatic N) is 1. The number of benzene rings is 2. The summed E-state index contributed by atoms with van der Waals surface area (Å²) in [4.78, 5) is 12.2. The Balaban J connectivity index is 1.98. The molecule has 0 saturated heterocycles. The summed E-state index contributed by atoms with van der Waals surface area (Å²) in [5.74, 6) is 1.81. The third-order valence-corrected chi connectivity index (χ3v) is 3.68. The number of hydrogen-bond donors (Lipinski definition) is 1. The molecule has 0 aliphatic rings. The van der Waals surface area contributed by atoms with E-state index in [1.807, 2.05) is 32.0 Å². The molecule has 6 heteroatoms. The van der Waals surface area contributed by atoms with Gasteiger partial charge in [-0.25, -0.2) is 5.43 Å². The molecule has 26 heavy (non-hydrogen) atoms. The Labute approximate surface area is 153 Å². The number of carbonyl (C=O) groups is 1. The monoisotopic (exact) mass is 356 g/mol. The van der Waals surface area contributed by atoms with Gasteiger partial charge < -0.3 is 14.2 Å². The fourth-order valence-electron chi connectivity index (χ4n) is 2.41. The second-order valence-corrected chi connectivity index (χ2v) is 5.61. The molecule has 0 unspecified atom stereocenters. The molecule has 0 aromatic heterocycles. The average molecular weight is 356 g/mol. The lowest BCUT2D eigenvalue weighted by molar-refractivity contribution is 0.0954. The molecular weight excluding hydrogens is 332 g/mol. The van der Waals surface area contributed by atoms with Gasteiger partial charge in [-0.1, -0.05) is 6.07 Å². The van der Waals surface area contributed by atoms with Gasteiger partial charge in [0, 0.05) is 17.7 Å². The summed E-state index contributed by atoms with van der Waals surface area (Å²) >= 11 is 0. The lowest BCUT2D eigenvalue weighted by Crippen LogP contribution is -2.19. The number of hydrazone groups is 1. The Hall–Kier alpha value is -3.02. The largest absolute Gasteiger partial charge is 0.494 e. The molecule has 0 heterocycles. The van der Waals surface area contributed by atoms with Gasteiger partial charge in [0.05, 0.1) is 20.8 Å². The second-order valence-electron chi connectivity index (χ2n) is 5.61. The van der Waals surface area contributed by atoms with Crippen molar-refractivity contribution >= 4 is 11.6 Å². The zero-order valence-corrected chi connectivity index (χ0v) is 15.5. The third-order valence-electron chi connectivity index (χ3n) is 3.68. The summed E-state index contributed by atoms with van der Waals surface area (Å²) in [5.41, 5.74) is 4.89. The van der Waals surface area contributed by atoms with Gasteiger partial charge in [-0.05, 0) is 55.8 Å². The van der Waals surface area contributed by atoms with Crippen LogP contribution in [0.4, 0.5) is 0 Å². The van der Waals surface area contributed by atoms with Crippen molar-refractivity contribution in [2.45, 2.75) is 20.3 Å². The number of nitrogens with one attached hydrogen (secondary N) is 1. The maximum atomic E-state index is 12.2. The van der Waals surface area contributed by atoms with Crippen LogP contribution in [0, 0.1) is 0 Å². The highest BCUT2D eigenvalue weighted by Crippen LogP contribution is 2.27. The van der Waals surface area contributed by atoms with E-state index < -0.39 is 0 Å². The first kappa shape index (κ1) is 19.3. The zero-order valence-electron chi connectivity index (χ0n) is 15.5. The molecule has 2 aromatic rings. The van der Waals surface area contributed by atoms with Crippen LogP contribution in [-0.4, -0.2) is 32.4 Å². The van der Waals surface area contributed by atoms with Crippen molar-refractivity contribution in [3.8, 4) is 17.2 Å². The Morgan fingerprint density at radius 3 is 2.35 bits per heavy atom. The Bertz CT molecular complexity index is 770. The molecule has 2 rings (SSSR count). The van der Waals surface area contributed by atoms with E-state index in [9.17, 15) is 4.79 Å². The van der Waals surface area contributed by atoms with Gasteiger partial charge in [0.1, 0.15) is 5.75 Å². The molecule has 138 valence electrons. The van der Waals surface area contributed by atoms with Crippen LogP contribution in [0.25, 0.3) is 0 Å². The van der Waals surface area contributed by atoms with E-state index >= 15 is 0 Å².